The second kappa shape index (κ2) is 11.2. The average Bonchev–Trinajstić information content (AvgIpc) is 3.79. The van der Waals surface area contributed by atoms with Crippen LogP contribution in [-0.4, -0.2) is 19.9 Å². The van der Waals surface area contributed by atoms with Gasteiger partial charge in [-0.1, -0.05) is 115 Å². The van der Waals surface area contributed by atoms with Crippen molar-refractivity contribution >= 4 is 65.6 Å². The van der Waals surface area contributed by atoms with E-state index in [0.29, 0.717) is 17.5 Å². The van der Waals surface area contributed by atoms with Crippen LogP contribution in [0.5, 0.6) is 0 Å². The van der Waals surface area contributed by atoms with Gasteiger partial charge in [0.05, 0.1) is 11.2 Å². The van der Waals surface area contributed by atoms with E-state index in [2.05, 4.69) is 60.7 Å². The van der Waals surface area contributed by atoms with E-state index in [1.54, 1.807) is 0 Å². The van der Waals surface area contributed by atoms with Crippen molar-refractivity contribution in [2.75, 3.05) is 0 Å². The predicted octanol–water partition coefficient (Wildman–Crippen LogP) is 12.0. The van der Waals surface area contributed by atoms with Crippen molar-refractivity contribution in [2.24, 2.45) is 0 Å². The van der Waals surface area contributed by atoms with E-state index in [0.717, 1.165) is 93.5 Å². The minimum absolute atomic E-state index is 0.576. The summed E-state index contributed by atoms with van der Waals surface area (Å²) in [6, 6.07) is 53.3. The van der Waals surface area contributed by atoms with Crippen LogP contribution in [-0.2, 0) is 0 Å². The Bertz CT molecular complexity index is 3180. The molecule has 0 atom stereocenters. The molecule has 0 amide bonds. The maximum absolute atomic E-state index is 6.73. The zero-order chi connectivity index (χ0) is 34.2. The van der Waals surface area contributed by atoms with E-state index in [1.165, 1.54) is 0 Å². The van der Waals surface area contributed by atoms with Crippen LogP contribution in [0.15, 0.2) is 167 Å². The standard InChI is InChI=1S/C46H26N4O2/c1-3-12-27(13-4-1)42-33-24-23-30-35-26-29(22-25-38(35)52-43(30)41(33)31-16-7-9-19-36(31)47-42)45-48-44(28-14-5-2-6-15-28)49-46(50-45)34-18-11-21-39-40(34)32-17-8-10-20-37(32)51-39/h1-26H. The molecule has 52 heavy (non-hydrogen) atoms. The van der Waals surface area contributed by atoms with Crippen molar-refractivity contribution in [1.29, 1.82) is 0 Å². The number of rotatable bonds is 4. The molecule has 6 heteroatoms. The number of furan rings is 2. The number of nitrogens with zero attached hydrogens (tertiary/aromatic N) is 4. The summed E-state index contributed by atoms with van der Waals surface area (Å²) < 4.78 is 13.0. The van der Waals surface area contributed by atoms with Gasteiger partial charge in [0, 0.05) is 60.0 Å². The highest BCUT2D eigenvalue weighted by atomic mass is 16.3. The first-order valence-electron chi connectivity index (χ1n) is 17.2. The molecule has 7 aromatic carbocycles. The fourth-order valence-corrected chi connectivity index (χ4v) is 7.53. The van der Waals surface area contributed by atoms with Crippen LogP contribution in [0.4, 0.5) is 0 Å². The highest BCUT2D eigenvalue weighted by Crippen LogP contribution is 2.42. The number of aromatic nitrogens is 4. The molecular weight excluding hydrogens is 641 g/mol. The molecule has 242 valence electrons. The minimum atomic E-state index is 0.576. The third kappa shape index (κ3) is 4.38. The number of benzene rings is 7. The van der Waals surface area contributed by atoms with Gasteiger partial charge in [-0.2, -0.15) is 0 Å². The van der Waals surface area contributed by atoms with E-state index >= 15 is 0 Å². The van der Waals surface area contributed by atoms with Gasteiger partial charge in [-0.3, -0.25) is 0 Å². The smallest absolute Gasteiger partial charge is 0.164 e. The Hall–Kier alpha value is -7.18. The van der Waals surface area contributed by atoms with E-state index in [9.17, 15) is 0 Å². The Morgan fingerprint density at radius 1 is 0.346 bits per heavy atom. The number of pyridine rings is 1. The van der Waals surface area contributed by atoms with E-state index in [1.807, 2.05) is 97.1 Å². The zero-order valence-electron chi connectivity index (χ0n) is 27.6. The van der Waals surface area contributed by atoms with Gasteiger partial charge in [0.25, 0.3) is 0 Å². The number of hydrogen-bond acceptors (Lipinski definition) is 6. The van der Waals surface area contributed by atoms with Crippen LogP contribution < -0.4 is 0 Å². The molecule has 0 aliphatic rings. The largest absolute Gasteiger partial charge is 0.456 e. The molecule has 0 spiro atoms. The first kappa shape index (κ1) is 28.6. The van der Waals surface area contributed by atoms with Crippen molar-refractivity contribution < 1.29 is 8.83 Å². The molecular formula is C46H26N4O2. The molecule has 0 radical (unpaired) electrons. The van der Waals surface area contributed by atoms with Crippen LogP contribution >= 0.6 is 0 Å². The summed E-state index contributed by atoms with van der Waals surface area (Å²) in [4.78, 5) is 20.4. The molecule has 6 nitrogen and oxygen atoms in total. The van der Waals surface area contributed by atoms with Crippen molar-refractivity contribution in [1.82, 2.24) is 19.9 Å². The van der Waals surface area contributed by atoms with Crippen LogP contribution in [0.25, 0.3) is 111 Å². The fraction of sp³-hybridized carbons (Fsp3) is 0. The van der Waals surface area contributed by atoms with E-state index in [4.69, 9.17) is 28.8 Å². The van der Waals surface area contributed by atoms with E-state index in [-0.39, 0.29) is 0 Å². The second-order valence-electron chi connectivity index (χ2n) is 13.0. The van der Waals surface area contributed by atoms with Gasteiger partial charge < -0.3 is 8.83 Å². The van der Waals surface area contributed by atoms with Gasteiger partial charge in [-0.25, -0.2) is 19.9 Å². The Kier molecular flexibility index (Phi) is 6.15. The van der Waals surface area contributed by atoms with Gasteiger partial charge in [0.2, 0.25) is 0 Å². The molecule has 11 rings (SSSR count). The maximum Gasteiger partial charge on any atom is 0.164 e. The Morgan fingerprint density at radius 3 is 1.85 bits per heavy atom. The lowest BCUT2D eigenvalue weighted by atomic mass is 9.97. The number of fused-ring (bicyclic) bond motifs is 10. The van der Waals surface area contributed by atoms with Crippen molar-refractivity contribution in [2.45, 2.75) is 0 Å². The van der Waals surface area contributed by atoms with Crippen LogP contribution in [0.1, 0.15) is 0 Å². The molecule has 0 unspecified atom stereocenters. The van der Waals surface area contributed by atoms with Crippen LogP contribution in [0.3, 0.4) is 0 Å². The lowest BCUT2D eigenvalue weighted by molar-refractivity contribution is 0.669. The zero-order valence-corrected chi connectivity index (χ0v) is 27.6. The fourth-order valence-electron chi connectivity index (χ4n) is 7.53. The average molecular weight is 667 g/mol. The Labute approximate surface area is 296 Å². The first-order chi connectivity index (χ1) is 25.8. The lowest BCUT2D eigenvalue weighted by Gasteiger charge is -2.10. The summed E-state index contributed by atoms with van der Waals surface area (Å²) in [5.74, 6) is 1.75. The summed E-state index contributed by atoms with van der Waals surface area (Å²) in [7, 11) is 0. The van der Waals surface area contributed by atoms with Crippen molar-refractivity contribution in [3.63, 3.8) is 0 Å². The first-order valence-corrected chi connectivity index (χ1v) is 17.2. The molecule has 0 aliphatic heterocycles. The number of para-hydroxylation sites is 2. The Balaban J connectivity index is 1.15. The normalized spacial score (nSPS) is 11.8. The molecule has 0 saturated heterocycles. The summed E-state index contributed by atoms with van der Waals surface area (Å²) in [6.07, 6.45) is 0. The predicted molar refractivity (Wildman–Crippen MR) is 209 cm³/mol. The van der Waals surface area contributed by atoms with Crippen molar-refractivity contribution in [3.8, 4) is 45.4 Å². The van der Waals surface area contributed by atoms with Gasteiger partial charge in [0.15, 0.2) is 17.5 Å². The van der Waals surface area contributed by atoms with E-state index < -0.39 is 0 Å². The van der Waals surface area contributed by atoms with Gasteiger partial charge in [-0.05, 0) is 42.5 Å². The second-order valence-corrected chi connectivity index (χ2v) is 13.0. The van der Waals surface area contributed by atoms with Gasteiger partial charge >= 0.3 is 0 Å². The van der Waals surface area contributed by atoms with Crippen molar-refractivity contribution in [3.05, 3.63) is 158 Å². The highest BCUT2D eigenvalue weighted by molar-refractivity contribution is 6.25. The summed E-state index contributed by atoms with van der Waals surface area (Å²) in [5, 5.41) is 7.16. The topological polar surface area (TPSA) is 77.8 Å². The summed E-state index contributed by atoms with van der Waals surface area (Å²) in [5.41, 5.74) is 8.83. The molecule has 0 saturated carbocycles. The molecule has 4 heterocycles. The highest BCUT2D eigenvalue weighted by Gasteiger charge is 2.20. The lowest BCUT2D eigenvalue weighted by Crippen LogP contribution is -2.00. The molecule has 11 aromatic rings. The SMILES string of the molecule is c1ccc(-c2nc(-c3ccc4oc5c(ccc6c(-c7ccccc7)nc7ccccc7c65)c4c3)nc(-c3cccc4oc5ccccc5c34)n2)cc1. The molecule has 0 bridgehead atoms. The summed E-state index contributed by atoms with van der Waals surface area (Å²) >= 11 is 0. The van der Waals surface area contributed by atoms with Gasteiger partial charge in [0.1, 0.15) is 22.3 Å². The molecule has 0 aliphatic carbocycles. The molecule has 0 N–H and O–H groups in total. The quantitative estimate of drug-likeness (QED) is 0.174. The molecule has 4 aromatic heterocycles. The summed E-state index contributed by atoms with van der Waals surface area (Å²) in [6.45, 7) is 0. The van der Waals surface area contributed by atoms with Gasteiger partial charge in [-0.15, -0.1) is 0 Å². The Morgan fingerprint density at radius 2 is 1.00 bits per heavy atom. The third-order valence-corrected chi connectivity index (χ3v) is 9.92. The maximum atomic E-state index is 6.73. The minimum Gasteiger partial charge on any atom is -0.456 e. The van der Waals surface area contributed by atoms with Crippen LogP contribution in [0, 0.1) is 0 Å². The van der Waals surface area contributed by atoms with Crippen LogP contribution in [0.2, 0.25) is 0 Å². The number of hydrogen-bond donors (Lipinski definition) is 0. The monoisotopic (exact) mass is 666 g/mol. The molecule has 0 fully saturated rings. The third-order valence-electron chi connectivity index (χ3n) is 9.92.